The number of hydrogen-bond donors (Lipinski definition) is 1. The van der Waals surface area contributed by atoms with E-state index in [4.69, 9.17) is 18.6 Å². The maximum atomic E-state index is 12.8. The Bertz CT molecular complexity index is 1420. The van der Waals surface area contributed by atoms with Crippen molar-refractivity contribution in [3.8, 4) is 11.5 Å². The summed E-state index contributed by atoms with van der Waals surface area (Å²) in [5, 5.41) is 15.6. The van der Waals surface area contributed by atoms with Gasteiger partial charge in [-0.05, 0) is 48.0 Å². The number of nitro groups is 1. The van der Waals surface area contributed by atoms with Gasteiger partial charge in [0, 0.05) is 19.2 Å². The topological polar surface area (TPSA) is 163 Å². The molecular weight excluding hydrogens is 508 g/mol. The average Bonchev–Trinajstić information content (AvgIpc) is 3.45. The molecule has 2 aromatic carbocycles. The minimum absolute atomic E-state index is 0.00172. The van der Waals surface area contributed by atoms with Gasteiger partial charge in [-0.15, -0.1) is 0 Å². The molecule has 0 unspecified atom stereocenters. The number of carbonyl (C=O) groups excluding carboxylic acids is 1. The number of benzene rings is 2. The van der Waals surface area contributed by atoms with E-state index in [0.717, 1.165) is 6.07 Å². The SMILES string of the molecule is COc1cc(C=NNc2ccc(S(=O)(=O)N3CCOCC3)cc2[N+](=O)[O-])ccc1OC(=O)c1ccco1. The van der Waals surface area contributed by atoms with Crippen molar-refractivity contribution < 1.29 is 36.8 Å². The average molecular weight is 531 g/mol. The molecule has 0 atom stereocenters. The van der Waals surface area contributed by atoms with Gasteiger partial charge in [0.05, 0.1) is 42.6 Å². The number of nitrogens with one attached hydrogen (secondary N) is 1. The Morgan fingerprint density at radius 2 is 1.95 bits per heavy atom. The first-order valence-corrected chi connectivity index (χ1v) is 12.3. The van der Waals surface area contributed by atoms with Gasteiger partial charge in [-0.3, -0.25) is 15.5 Å². The summed E-state index contributed by atoms with van der Waals surface area (Å²) in [6.45, 7) is 0.858. The Morgan fingerprint density at radius 3 is 2.62 bits per heavy atom. The van der Waals surface area contributed by atoms with E-state index < -0.39 is 26.6 Å². The number of furan rings is 1. The molecule has 4 rings (SSSR count). The highest BCUT2D eigenvalue weighted by atomic mass is 32.2. The highest BCUT2D eigenvalue weighted by Gasteiger charge is 2.29. The fourth-order valence-corrected chi connectivity index (χ4v) is 4.85. The van der Waals surface area contributed by atoms with Crippen LogP contribution in [-0.4, -0.2) is 63.2 Å². The first-order chi connectivity index (χ1) is 17.8. The summed E-state index contributed by atoms with van der Waals surface area (Å²) < 4.78 is 47.6. The molecule has 0 spiro atoms. The number of nitro benzene ring substituents is 1. The number of esters is 1. The van der Waals surface area contributed by atoms with Gasteiger partial charge in [-0.2, -0.15) is 9.41 Å². The van der Waals surface area contributed by atoms with Crippen LogP contribution in [-0.2, 0) is 14.8 Å². The summed E-state index contributed by atoms with van der Waals surface area (Å²) in [4.78, 5) is 22.8. The lowest BCUT2D eigenvalue weighted by atomic mass is 10.2. The quantitative estimate of drug-likeness (QED) is 0.143. The maximum absolute atomic E-state index is 12.8. The van der Waals surface area contributed by atoms with Crippen LogP contribution in [0.1, 0.15) is 16.1 Å². The lowest BCUT2D eigenvalue weighted by Gasteiger charge is -2.26. The van der Waals surface area contributed by atoms with Crippen LogP contribution in [0, 0.1) is 10.1 Å². The zero-order valence-electron chi connectivity index (χ0n) is 19.5. The van der Waals surface area contributed by atoms with E-state index in [9.17, 15) is 23.3 Å². The van der Waals surface area contributed by atoms with Crippen LogP contribution in [0.2, 0.25) is 0 Å². The van der Waals surface area contributed by atoms with Crippen molar-refractivity contribution in [1.82, 2.24) is 4.31 Å². The molecule has 37 heavy (non-hydrogen) atoms. The second kappa shape index (κ2) is 11.2. The van der Waals surface area contributed by atoms with Crippen LogP contribution in [0.25, 0.3) is 0 Å². The lowest BCUT2D eigenvalue weighted by molar-refractivity contribution is -0.384. The van der Waals surface area contributed by atoms with E-state index in [2.05, 4.69) is 10.5 Å². The Morgan fingerprint density at radius 1 is 1.16 bits per heavy atom. The summed E-state index contributed by atoms with van der Waals surface area (Å²) in [5.41, 5.74) is 2.63. The first kappa shape index (κ1) is 25.8. The van der Waals surface area contributed by atoms with Gasteiger partial charge in [-0.25, -0.2) is 13.2 Å². The van der Waals surface area contributed by atoms with E-state index in [-0.39, 0.29) is 54.1 Å². The van der Waals surface area contributed by atoms with Gasteiger partial charge >= 0.3 is 5.97 Å². The van der Waals surface area contributed by atoms with Gasteiger partial charge in [0.15, 0.2) is 11.5 Å². The zero-order chi connectivity index (χ0) is 26.4. The highest BCUT2D eigenvalue weighted by Crippen LogP contribution is 2.30. The highest BCUT2D eigenvalue weighted by molar-refractivity contribution is 7.89. The van der Waals surface area contributed by atoms with Crippen molar-refractivity contribution in [2.45, 2.75) is 4.90 Å². The number of carbonyl (C=O) groups is 1. The second-order valence-corrected chi connectivity index (χ2v) is 9.54. The molecule has 13 nitrogen and oxygen atoms in total. The van der Waals surface area contributed by atoms with Crippen molar-refractivity contribution in [3.63, 3.8) is 0 Å². The van der Waals surface area contributed by atoms with Gasteiger partial charge in [0.1, 0.15) is 5.69 Å². The van der Waals surface area contributed by atoms with Crippen molar-refractivity contribution in [2.75, 3.05) is 38.8 Å². The Kier molecular flexibility index (Phi) is 7.81. The molecular formula is C23H22N4O9S. The molecule has 0 bridgehead atoms. The fourth-order valence-electron chi connectivity index (χ4n) is 3.42. The van der Waals surface area contributed by atoms with Crippen LogP contribution in [0.4, 0.5) is 11.4 Å². The number of hydrazone groups is 1. The summed E-state index contributed by atoms with van der Waals surface area (Å²) in [7, 11) is -2.51. The second-order valence-electron chi connectivity index (χ2n) is 7.60. The number of ether oxygens (including phenoxy) is 3. The molecule has 1 fully saturated rings. The molecule has 14 heteroatoms. The van der Waals surface area contributed by atoms with E-state index in [1.165, 1.54) is 48.2 Å². The number of rotatable bonds is 9. The van der Waals surface area contributed by atoms with Crippen molar-refractivity contribution >= 4 is 33.6 Å². The number of anilines is 1. The predicted octanol–water partition coefficient (Wildman–Crippen LogP) is 2.88. The third-order valence-electron chi connectivity index (χ3n) is 5.29. The van der Waals surface area contributed by atoms with Crippen molar-refractivity contribution in [1.29, 1.82) is 0 Å². The lowest BCUT2D eigenvalue weighted by Crippen LogP contribution is -2.40. The third kappa shape index (κ3) is 5.94. The Labute approximate surface area is 211 Å². The number of nitrogens with zero attached hydrogens (tertiary/aromatic N) is 3. The van der Waals surface area contributed by atoms with Gasteiger partial charge < -0.3 is 18.6 Å². The maximum Gasteiger partial charge on any atom is 0.379 e. The predicted molar refractivity (Wildman–Crippen MR) is 131 cm³/mol. The van der Waals surface area contributed by atoms with E-state index >= 15 is 0 Å². The molecule has 0 aliphatic carbocycles. The van der Waals surface area contributed by atoms with Gasteiger partial charge in [0.25, 0.3) is 5.69 Å². The van der Waals surface area contributed by atoms with Crippen LogP contribution in [0.15, 0.2) is 69.2 Å². The van der Waals surface area contributed by atoms with Crippen LogP contribution in [0.3, 0.4) is 0 Å². The molecule has 1 saturated heterocycles. The van der Waals surface area contributed by atoms with E-state index in [1.807, 2.05) is 0 Å². The molecule has 2 heterocycles. The minimum Gasteiger partial charge on any atom is -0.493 e. The van der Waals surface area contributed by atoms with Crippen LogP contribution in [0.5, 0.6) is 11.5 Å². The number of morpholine rings is 1. The molecule has 1 aliphatic heterocycles. The summed E-state index contributed by atoms with van der Waals surface area (Å²) in [6.07, 6.45) is 2.71. The summed E-state index contributed by atoms with van der Waals surface area (Å²) in [5.74, 6) is -0.269. The first-order valence-electron chi connectivity index (χ1n) is 10.9. The normalized spacial score (nSPS) is 14.4. The molecule has 1 aliphatic rings. The molecule has 1 aromatic heterocycles. The van der Waals surface area contributed by atoms with E-state index in [1.54, 1.807) is 18.2 Å². The fraction of sp³-hybridized carbons (Fsp3) is 0.217. The molecule has 1 N–H and O–H groups in total. The molecule has 0 amide bonds. The largest absolute Gasteiger partial charge is 0.493 e. The Hall–Kier alpha value is -4.27. The molecule has 3 aromatic rings. The smallest absolute Gasteiger partial charge is 0.379 e. The van der Waals surface area contributed by atoms with E-state index in [0.29, 0.717) is 5.56 Å². The number of methoxy groups -OCH3 is 1. The van der Waals surface area contributed by atoms with Crippen molar-refractivity contribution in [3.05, 3.63) is 76.2 Å². The Balaban J connectivity index is 1.49. The monoisotopic (exact) mass is 530 g/mol. The summed E-state index contributed by atoms with van der Waals surface area (Å²) in [6, 6.07) is 11.2. The molecule has 194 valence electrons. The minimum atomic E-state index is -3.91. The zero-order valence-corrected chi connectivity index (χ0v) is 20.3. The van der Waals surface area contributed by atoms with Gasteiger partial charge in [-0.1, -0.05) is 0 Å². The number of hydrogen-bond acceptors (Lipinski definition) is 11. The number of sulfonamides is 1. The standard InChI is InChI=1S/C23H22N4O9S/c1-33-22-13-16(4-7-20(22)36-23(28)21-3-2-10-35-21)15-24-25-18-6-5-17(14-19(18)27(29)30)37(31,32)26-8-11-34-12-9-26/h2-7,10,13-15,25H,8-9,11-12H2,1H3. The third-order valence-corrected chi connectivity index (χ3v) is 7.18. The molecule has 0 saturated carbocycles. The molecule has 0 radical (unpaired) electrons. The summed E-state index contributed by atoms with van der Waals surface area (Å²) >= 11 is 0. The van der Waals surface area contributed by atoms with Crippen molar-refractivity contribution in [2.24, 2.45) is 5.10 Å². The van der Waals surface area contributed by atoms with Crippen LogP contribution < -0.4 is 14.9 Å². The van der Waals surface area contributed by atoms with Crippen LogP contribution >= 0.6 is 0 Å². The van der Waals surface area contributed by atoms with Gasteiger partial charge in [0.2, 0.25) is 15.8 Å².